The number of carbonyl (C=O) groups excluding carboxylic acids is 1. The highest BCUT2D eigenvalue weighted by Crippen LogP contribution is 2.27. The van der Waals surface area contributed by atoms with Crippen LogP contribution < -0.4 is 10.5 Å². The summed E-state index contributed by atoms with van der Waals surface area (Å²) in [5.74, 6) is -1.46. The van der Waals surface area contributed by atoms with Gasteiger partial charge in [-0.25, -0.2) is 18.4 Å². The zero-order valence-corrected chi connectivity index (χ0v) is 23.2. The van der Waals surface area contributed by atoms with Crippen LogP contribution in [0, 0.1) is 5.95 Å². The van der Waals surface area contributed by atoms with Crippen LogP contribution in [0.2, 0.25) is 0 Å². The molecule has 0 saturated carbocycles. The molecule has 5 heterocycles. The first-order chi connectivity index (χ1) is 20.7. The molecule has 0 bridgehead atoms. The van der Waals surface area contributed by atoms with E-state index in [2.05, 4.69) is 20.1 Å². The Bertz CT molecular complexity index is 1660. The molecule has 1 aromatic carbocycles. The fraction of sp³-hybridized carbons (Fsp3) is 0.464. The molecular formula is C28H31F3N8O4. The van der Waals surface area contributed by atoms with Gasteiger partial charge >= 0.3 is 0 Å². The first kappa shape index (κ1) is 28.9. The molecule has 0 unspecified atom stereocenters. The third-order valence-corrected chi connectivity index (χ3v) is 8.11. The van der Waals surface area contributed by atoms with Crippen LogP contribution in [0.15, 0.2) is 53.8 Å². The highest BCUT2D eigenvalue weighted by Gasteiger charge is 2.36. The molecule has 2 fully saturated rings. The maximum absolute atomic E-state index is 13.6. The zero-order chi connectivity index (χ0) is 30.1. The van der Waals surface area contributed by atoms with Crippen molar-refractivity contribution in [2.75, 3.05) is 44.3 Å². The lowest BCUT2D eigenvalue weighted by Gasteiger charge is -2.38. The summed E-state index contributed by atoms with van der Waals surface area (Å²) in [6.45, 7) is 3.05. The Hall–Kier alpha value is -4.24. The summed E-state index contributed by atoms with van der Waals surface area (Å²) < 4.78 is 49.5. The SMILES string of the molecule is O=C(C[C@@H](C(F)F)n1ccc(F)n1)N1CCC(O)(Cn2cnc3c(cnn3-c3cccc(N4CCOCC4)c3)c2=O)CC1. The monoisotopic (exact) mass is 600 g/mol. The summed E-state index contributed by atoms with van der Waals surface area (Å²) in [4.78, 5) is 34.2. The minimum absolute atomic E-state index is 0.0548. The number of alkyl halides is 2. The van der Waals surface area contributed by atoms with Crippen LogP contribution in [0.25, 0.3) is 16.7 Å². The maximum atomic E-state index is 13.6. The van der Waals surface area contributed by atoms with Crippen molar-refractivity contribution in [3.63, 3.8) is 0 Å². The Labute approximate surface area is 243 Å². The number of benzene rings is 1. The van der Waals surface area contributed by atoms with Crippen LogP contribution in [0.1, 0.15) is 25.3 Å². The molecule has 2 saturated heterocycles. The molecule has 1 amide bonds. The van der Waals surface area contributed by atoms with Crippen LogP contribution in [-0.2, 0) is 16.1 Å². The fourth-order valence-corrected chi connectivity index (χ4v) is 5.65. The van der Waals surface area contributed by atoms with E-state index in [0.717, 1.165) is 41.4 Å². The minimum atomic E-state index is -2.92. The lowest BCUT2D eigenvalue weighted by atomic mass is 9.91. The van der Waals surface area contributed by atoms with Crippen LogP contribution in [-0.4, -0.2) is 96.4 Å². The number of amides is 1. The molecule has 15 heteroatoms. The van der Waals surface area contributed by atoms with Gasteiger partial charge in [-0.3, -0.25) is 18.8 Å². The second-order valence-corrected chi connectivity index (χ2v) is 10.9. The molecule has 0 spiro atoms. The van der Waals surface area contributed by atoms with Crippen LogP contribution in [0.5, 0.6) is 0 Å². The van der Waals surface area contributed by atoms with Crippen LogP contribution in [0.3, 0.4) is 0 Å². The summed E-state index contributed by atoms with van der Waals surface area (Å²) in [6, 6.07) is 7.16. The molecule has 6 rings (SSSR count). The van der Waals surface area contributed by atoms with E-state index in [9.17, 15) is 27.9 Å². The number of carbonyl (C=O) groups is 1. The topological polar surface area (TPSA) is 124 Å². The number of hydrogen-bond donors (Lipinski definition) is 1. The van der Waals surface area contributed by atoms with Crippen molar-refractivity contribution in [2.45, 2.75) is 43.9 Å². The third-order valence-electron chi connectivity index (χ3n) is 8.11. The number of piperidine rings is 1. The van der Waals surface area contributed by atoms with Gasteiger partial charge in [-0.05, 0) is 31.0 Å². The van der Waals surface area contributed by atoms with E-state index < -0.39 is 36.3 Å². The molecule has 4 aromatic rings. The van der Waals surface area contributed by atoms with E-state index in [1.165, 1.54) is 22.0 Å². The minimum Gasteiger partial charge on any atom is -0.388 e. The van der Waals surface area contributed by atoms with Gasteiger partial charge in [0.15, 0.2) is 5.65 Å². The average molecular weight is 601 g/mol. The second kappa shape index (κ2) is 11.8. The molecule has 0 radical (unpaired) electrons. The number of morpholine rings is 1. The summed E-state index contributed by atoms with van der Waals surface area (Å²) >= 11 is 0. The Kier molecular flexibility index (Phi) is 7.92. The molecule has 3 aromatic heterocycles. The van der Waals surface area contributed by atoms with Gasteiger partial charge in [0, 0.05) is 44.1 Å². The molecule has 12 nitrogen and oxygen atoms in total. The number of fused-ring (bicyclic) bond motifs is 1. The standard InChI is InChI=1S/C28H31F3N8O4/c29-23-4-7-38(34-23)22(25(30)31)15-24(40)36-8-5-28(42,6-9-36)17-37-18-32-26-21(27(37)41)16-33-39(26)20-3-1-2-19(14-20)35-10-12-43-13-11-35/h1-4,7,14,16,18,22,25,42H,5-6,8-13,15,17H2/t22-/m0/s1. The van der Waals surface area contributed by atoms with Gasteiger partial charge in [0.1, 0.15) is 17.8 Å². The van der Waals surface area contributed by atoms with Gasteiger partial charge < -0.3 is 19.6 Å². The Morgan fingerprint density at radius 3 is 2.53 bits per heavy atom. The van der Waals surface area contributed by atoms with Gasteiger partial charge in [-0.2, -0.15) is 9.49 Å². The largest absolute Gasteiger partial charge is 0.388 e. The number of nitrogens with zero attached hydrogens (tertiary/aromatic N) is 8. The zero-order valence-electron chi connectivity index (χ0n) is 23.2. The second-order valence-electron chi connectivity index (χ2n) is 10.9. The third kappa shape index (κ3) is 5.99. The van der Waals surface area contributed by atoms with Crippen molar-refractivity contribution < 1.29 is 27.8 Å². The number of aliphatic hydroxyl groups is 1. The predicted octanol–water partition coefficient (Wildman–Crippen LogP) is 2.00. The molecule has 43 heavy (non-hydrogen) atoms. The summed E-state index contributed by atoms with van der Waals surface area (Å²) in [5.41, 5.74) is 0.485. The van der Waals surface area contributed by atoms with Crippen LogP contribution >= 0.6 is 0 Å². The summed E-state index contributed by atoms with van der Waals surface area (Å²) in [7, 11) is 0. The highest BCUT2D eigenvalue weighted by molar-refractivity contribution is 5.77. The molecule has 2 aliphatic rings. The Balaban J connectivity index is 1.13. The van der Waals surface area contributed by atoms with Crippen LogP contribution in [0.4, 0.5) is 18.9 Å². The molecule has 1 N–H and O–H groups in total. The van der Waals surface area contributed by atoms with Gasteiger partial charge in [0.25, 0.3) is 12.0 Å². The molecule has 1 atom stereocenters. The number of halogens is 3. The molecule has 0 aliphatic carbocycles. The van der Waals surface area contributed by atoms with Crippen molar-refractivity contribution >= 4 is 22.6 Å². The molecule has 228 valence electrons. The predicted molar refractivity (Wildman–Crippen MR) is 149 cm³/mol. The fourth-order valence-electron chi connectivity index (χ4n) is 5.65. The summed E-state index contributed by atoms with van der Waals surface area (Å²) in [6.07, 6.45) is 0.690. The van der Waals surface area contributed by atoms with Gasteiger partial charge in [-0.1, -0.05) is 6.07 Å². The quantitative estimate of drug-likeness (QED) is 0.326. The van der Waals surface area contributed by atoms with Crippen molar-refractivity contribution in [3.8, 4) is 5.69 Å². The number of likely N-dealkylation sites (tertiary alicyclic amines) is 1. The number of rotatable bonds is 8. The Morgan fingerprint density at radius 1 is 1.09 bits per heavy atom. The smallest absolute Gasteiger partial charge is 0.264 e. The van der Waals surface area contributed by atoms with Crippen molar-refractivity contribution in [3.05, 3.63) is 65.4 Å². The van der Waals surface area contributed by atoms with E-state index in [1.54, 1.807) is 4.68 Å². The van der Waals surface area contributed by atoms with Crippen molar-refractivity contribution in [2.24, 2.45) is 0 Å². The van der Waals surface area contributed by atoms with E-state index in [-0.39, 0.29) is 38.0 Å². The van der Waals surface area contributed by atoms with E-state index >= 15 is 0 Å². The van der Waals surface area contributed by atoms with E-state index in [1.807, 2.05) is 24.3 Å². The first-order valence-corrected chi connectivity index (χ1v) is 14.1. The van der Waals surface area contributed by atoms with E-state index in [0.29, 0.717) is 24.2 Å². The molecular weight excluding hydrogens is 569 g/mol. The van der Waals surface area contributed by atoms with Gasteiger partial charge in [0.2, 0.25) is 11.9 Å². The number of ether oxygens (including phenoxy) is 1. The average Bonchev–Trinajstić information content (AvgIpc) is 3.64. The number of anilines is 1. The van der Waals surface area contributed by atoms with Gasteiger partial charge in [-0.15, -0.1) is 5.10 Å². The number of aromatic nitrogens is 6. The van der Waals surface area contributed by atoms with Gasteiger partial charge in [0.05, 0.1) is 43.7 Å². The maximum Gasteiger partial charge on any atom is 0.264 e. The molecule has 2 aliphatic heterocycles. The van der Waals surface area contributed by atoms with Crippen molar-refractivity contribution in [1.29, 1.82) is 0 Å². The summed E-state index contributed by atoms with van der Waals surface area (Å²) in [5, 5.41) is 19.4. The first-order valence-electron chi connectivity index (χ1n) is 14.1. The lowest BCUT2D eigenvalue weighted by Crippen LogP contribution is -2.50. The van der Waals surface area contributed by atoms with E-state index in [4.69, 9.17) is 4.74 Å². The lowest BCUT2D eigenvalue weighted by molar-refractivity contribution is -0.138. The van der Waals surface area contributed by atoms with Crippen molar-refractivity contribution in [1.82, 2.24) is 34.0 Å². The highest BCUT2D eigenvalue weighted by atomic mass is 19.3. The Morgan fingerprint density at radius 2 is 1.84 bits per heavy atom. The number of hydrogen-bond acceptors (Lipinski definition) is 8. The normalized spacial score (nSPS) is 18.0.